The molecule has 5 N–H and O–H groups in total. The highest BCUT2D eigenvalue weighted by Gasteiger charge is 2.13. The molecule has 1 unspecified atom stereocenters. The van der Waals surface area contributed by atoms with E-state index in [1.54, 1.807) is 12.1 Å². The molecule has 0 heterocycles. The van der Waals surface area contributed by atoms with Gasteiger partial charge in [-0.15, -0.1) is 0 Å². The van der Waals surface area contributed by atoms with Crippen LogP contribution in [0.3, 0.4) is 0 Å². The van der Waals surface area contributed by atoms with Gasteiger partial charge in [-0.05, 0) is 104 Å². The molecule has 40 heavy (non-hydrogen) atoms. The third-order valence-corrected chi connectivity index (χ3v) is 6.86. The van der Waals surface area contributed by atoms with Crippen LogP contribution in [0, 0.1) is 27.7 Å². The molecule has 0 radical (unpaired) electrons. The summed E-state index contributed by atoms with van der Waals surface area (Å²) in [5.41, 5.74) is 7.58. The number of ketones is 1. The fourth-order valence-electron chi connectivity index (χ4n) is 4.09. The molecule has 4 aromatic rings. The molecule has 6 heteroatoms. The molecule has 6 nitrogen and oxygen atoms in total. The van der Waals surface area contributed by atoms with E-state index in [-0.39, 0.29) is 34.3 Å². The van der Waals surface area contributed by atoms with Crippen LogP contribution in [0.15, 0.2) is 78.9 Å². The molecule has 4 aromatic carbocycles. The number of allylic oxidation sites excluding steroid dienone is 1. The Morgan fingerprint density at radius 3 is 1.90 bits per heavy atom. The Hall–Kier alpha value is -4.55. The van der Waals surface area contributed by atoms with Crippen molar-refractivity contribution in [3.63, 3.8) is 0 Å². The molecule has 0 aliphatic carbocycles. The number of hydrogen-bond donors (Lipinski definition) is 5. The molecule has 0 fully saturated rings. The summed E-state index contributed by atoms with van der Waals surface area (Å²) in [6.45, 7) is 8.19. The minimum Gasteiger partial charge on any atom is -0.508 e. The number of carbonyl (C=O) groups is 1. The maximum absolute atomic E-state index is 12.0. The van der Waals surface area contributed by atoms with Crippen LogP contribution in [-0.2, 0) is 6.42 Å². The van der Waals surface area contributed by atoms with Crippen molar-refractivity contribution >= 4 is 11.9 Å². The number of carbonyl (C=O) groups excluding carboxylic acids is 1. The molecule has 0 aliphatic rings. The van der Waals surface area contributed by atoms with E-state index >= 15 is 0 Å². The van der Waals surface area contributed by atoms with Gasteiger partial charge in [0.05, 0.1) is 11.7 Å². The average molecular weight is 541 g/mol. The van der Waals surface area contributed by atoms with Crippen molar-refractivity contribution in [3.8, 4) is 23.0 Å². The highest BCUT2D eigenvalue weighted by Crippen LogP contribution is 2.30. The van der Waals surface area contributed by atoms with Gasteiger partial charge in [0, 0.05) is 17.7 Å². The van der Waals surface area contributed by atoms with E-state index in [1.807, 2.05) is 32.0 Å². The molecule has 208 valence electrons. The average Bonchev–Trinajstić information content (AvgIpc) is 2.90. The maximum atomic E-state index is 12.0. The predicted molar refractivity (Wildman–Crippen MR) is 158 cm³/mol. The number of aliphatic hydroxyl groups is 1. The van der Waals surface area contributed by atoms with Crippen LogP contribution < -0.4 is 0 Å². The van der Waals surface area contributed by atoms with Crippen LogP contribution in [0.4, 0.5) is 0 Å². The lowest BCUT2D eigenvalue weighted by atomic mass is 9.98. The zero-order valence-electron chi connectivity index (χ0n) is 23.2. The lowest BCUT2D eigenvalue weighted by Crippen LogP contribution is -2.00. The van der Waals surface area contributed by atoms with Crippen LogP contribution in [0.5, 0.6) is 23.0 Å². The number of aliphatic hydroxyl groups excluding tert-OH is 1. The van der Waals surface area contributed by atoms with E-state index in [0.29, 0.717) is 12.0 Å². The van der Waals surface area contributed by atoms with Gasteiger partial charge in [-0.3, -0.25) is 4.79 Å². The SMILES string of the molecule is Cc1ccc(/C=C/C(=O)c2ccc(O)cc2O)cc1C.Cc1ccc(CCC(O)c2ccc(O)cc2O)cc1C. The molecular weight excluding hydrogens is 504 g/mol. The smallest absolute Gasteiger partial charge is 0.189 e. The summed E-state index contributed by atoms with van der Waals surface area (Å²) in [4.78, 5) is 12.0. The first-order valence-electron chi connectivity index (χ1n) is 13.0. The van der Waals surface area contributed by atoms with Crippen molar-refractivity contribution in [1.29, 1.82) is 0 Å². The van der Waals surface area contributed by atoms with E-state index in [0.717, 1.165) is 23.6 Å². The summed E-state index contributed by atoms with van der Waals surface area (Å²) < 4.78 is 0. The molecule has 0 aliphatic heterocycles. The first-order valence-corrected chi connectivity index (χ1v) is 13.0. The van der Waals surface area contributed by atoms with E-state index in [1.165, 1.54) is 52.6 Å². The van der Waals surface area contributed by atoms with Gasteiger partial charge in [-0.2, -0.15) is 0 Å². The normalized spacial score (nSPS) is 11.6. The Kier molecular flexibility index (Phi) is 10.1. The van der Waals surface area contributed by atoms with Crippen molar-refractivity contribution in [2.24, 2.45) is 0 Å². The van der Waals surface area contributed by atoms with Gasteiger partial charge in [0.1, 0.15) is 23.0 Å². The van der Waals surface area contributed by atoms with Crippen LogP contribution >= 0.6 is 0 Å². The third kappa shape index (κ3) is 8.22. The molecule has 1 atom stereocenters. The van der Waals surface area contributed by atoms with Gasteiger partial charge in [0.25, 0.3) is 0 Å². The van der Waals surface area contributed by atoms with Crippen LogP contribution in [-0.4, -0.2) is 31.3 Å². The van der Waals surface area contributed by atoms with Gasteiger partial charge in [-0.25, -0.2) is 0 Å². The number of aryl methyl sites for hydroxylation is 5. The Balaban J connectivity index is 0.000000220. The largest absolute Gasteiger partial charge is 0.508 e. The number of rotatable bonds is 7. The number of phenolic OH excluding ortho intramolecular Hbond substituents is 4. The second-order valence-corrected chi connectivity index (χ2v) is 9.96. The molecule has 4 rings (SSSR count). The van der Waals surface area contributed by atoms with Gasteiger partial charge in [0.15, 0.2) is 5.78 Å². The van der Waals surface area contributed by atoms with Crippen molar-refractivity contribution < 1.29 is 30.3 Å². The minimum atomic E-state index is -0.739. The number of phenols is 4. The molecule has 0 saturated carbocycles. The second kappa shape index (κ2) is 13.5. The minimum absolute atomic E-state index is 0.00684. The van der Waals surface area contributed by atoms with Crippen LogP contribution in [0.2, 0.25) is 0 Å². The summed E-state index contributed by atoms with van der Waals surface area (Å²) in [6.07, 6.45) is 3.65. The molecule has 0 spiro atoms. The highest BCUT2D eigenvalue weighted by molar-refractivity contribution is 6.08. The number of hydrogen-bond acceptors (Lipinski definition) is 6. The zero-order chi connectivity index (χ0) is 29.4. The fraction of sp³-hybridized carbons (Fsp3) is 0.206. The van der Waals surface area contributed by atoms with E-state index in [9.17, 15) is 30.3 Å². The lowest BCUT2D eigenvalue weighted by molar-refractivity contribution is 0.104. The summed E-state index contributed by atoms with van der Waals surface area (Å²) in [6, 6.07) is 20.4. The molecule has 0 saturated heterocycles. The topological polar surface area (TPSA) is 118 Å². The Morgan fingerprint density at radius 1 is 0.700 bits per heavy atom. The zero-order valence-corrected chi connectivity index (χ0v) is 23.2. The van der Waals surface area contributed by atoms with Crippen LogP contribution in [0.1, 0.15) is 61.8 Å². The summed E-state index contributed by atoms with van der Waals surface area (Å²) in [5, 5.41) is 47.9. The van der Waals surface area contributed by atoms with Crippen LogP contribution in [0.25, 0.3) is 6.08 Å². The highest BCUT2D eigenvalue weighted by atomic mass is 16.3. The monoisotopic (exact) mass is 540 g/mol. The van der Waals surface area contributed by atoms with Gasteiger partial charge >= 0.3 is 0 Å². The fourth-order valence-corrected chi connectivity index (χ4v) is 4.09. The first-order chi connectivity index (χ1) is 18.9. The quantitative estimate of drug-likeness (QED) is 0.127. The molecule has 0 bridgehead atoms. The van der Waals surface area contributed by atoms with Crippen molar-refractivity contribution in [3.05, 3.63) is 123 Å². The van der Waals surface area contributed by atoms with Gasteiger partial charge in [0.2, 0.25) is 0 Å². The second-order valence-electron chi connectivity index (χ2n) is 9.96. The summed E-state index contributed by atoms with van der Waals surface area (Å²) >= 11 is 0. The molecule has 0 amide bonds. The van der Waals surface area contributed by atoms with E-state index < -0.39 is 6.10 Å². The predicted octanol–water partition coefficient (Wildman–Crippen LogP) is 6.99. The summed E-state index contributed by atoms with van der Waals surface area (Å²) in [5.74, 6) is -0.678. The third-order valence-electron chi connectivity index (χ3n) is 6.86. The van der Waals surface area contributed by atoms with Crippen molar-refractivity contribution in [2.75, 3.05) is 0 Å². The molecular formula is C34H36O6. The Labute approximate surface area is 235 Å². The lowest BCUT2D eigenvalue weighted by Gasteiger charge is -2.13. The van der Waals surface area contributed by atoms with E-state index in [2.05, 4.69) is 32.0 Å². The van der Waals surface area contributed by atoms with Crippen molar-refractivity contribution in [1.82, 2.24) is 0 Å². The standard InChI is InChI=1S/C17H20O3.C17H16O3/c2*1-11-3-4-13(9-12(11)2)5-8-16(19)15-7-6-14(18)10-17(15)20/h3-4,6-7,9-10,16,18-20H,5,8H2,1-2H3;3-10,18,20H,1-2H3/b;8-5+. The summed E-state index contributed by atoms with van der Waals surface area (Å²) in [7, 11) is 0. The maximum Gasteiger partial charge on any atom is 0.189 e. The van der Waals surface area contributed by atoms with E-state index in [4.69, 9.17) is 0 Å². The number of aromatic hydroxyl groups is 4. The van der Waals surface area contributed by atoms with Gasteiger partial charge < -0.3 is 25.5 Å². The Morgan fingerprint density at radius 2 is 1.30 bits per heavy atom. The molecule has 0 aromatic heterocycles. The Bertz CT molecular complexity index is 1520. The first kappa shape index (κ1) is 30.0. The van der Waals surface area contributed by atoms with Crippen molar-refractivity contribution in [2.45, 2.75) is 46.6 Å². The van der Waals surface area contributed by atoms with Gasteiger partial charge in [-0.1, -0.05) is 42.5 Å². The number of benzene rings is 4.